The number of hydrogen-bond donors (Lipinski definition) is 1. The molecular weight excluding hydrogens is 254 g/mol. The molecule has 106 valence electrons. The van der Waals surface area contributed by atoms with Gasteiger partial charge in [-0.3, -0.25) is 0 Å². The Morgan fingerprint density at radius 3 is 2.85 bits per heavy atom. The van der Waals surface area contributed by atoms with Gasteiger partial charge in [0.1, 0.15) is 5.75 Å². The zero-order valence-corrected chi connectivity index (χ0v) is 11.7. The lowest BCUT2D eigenvalue weighted by molar-refractivity contribution is 0.173. The smallest absolute Gasteiger partial charge is 0.231 e. The van der Waals surface area contributed by atoms with Crippen molar-refractivity contribution in [3.8, 4) is 29.1 Å². The highest BCUT2D eigenvalue weighted by Gasteiger charge is 2.22. The fraction of sp³-hybridized carbons (Fsp3) is 0.500. The Labute approximate surface area is 119 Å². The molecule has 4 nitrogen and oxygen atoms in total. The fourth-order valence-electron chi connectivity index (χ4n) is 2.12. The second kappa shape index (κ2) is 6.06. The molecule has 1 aromatic rings. The summed E-state index contributed by atoms with van der Waals surface area (Å²) in [6.45, 7) is 3.52. The molecular formula is C16H19NO3. The molecule has 0 aromatic heterocycles. The summed E-state index contributed by atoms with van der Waals surface area (Å²) in [6.07, 6.45) is 3.28. The molecule has 1 aliphatic heterocycles. The van der Waals surface area contributed by atoms with Crippen molar-refractivity contribution in [3.63, 3.8) is 0 Å². The van der Waals surface area contributed by atoms with E-state index in [-0.39, 0.29) is 6.79 Å². The van der Waals surface area contributed by atoms with Gasteiger partial charge in [0, 0.05) is 30.6 Å². The van der Waals surface area contributed by atoms with Gasteiger partial charge in [0.2, 0.25) is 6.79 Å². The molecule has 0 radical (unpaired) electrons. The lowest BCUT2D eigenvalue weighted by atomic mass is 10.1. The van der Waals surface area contributed by atoms with Gasteiger partial charge in [-0.25, -0.2) is 0 Å². The summed E-state index contributed by atoms with van der Waals surface area (Å²) < 4.78 is 16.7. The molecule has 0 amide bonds. The van der Waals surface area contributed by atoms with Gasteiger partial charge in [-0.2, -0.15) is 0 Å². The van der Waals surface area contributed by atoms with Crippen LogP contribution >= 0.6 is 0 Å². The maximum atomic E-state index is 5.84. The second-order valence-corrected chi connectivity index (χ2v) is 4.99. The van der Waals surface area contributed by atoms with Crippen LogP contribution in [-0.2, 0) is 6.54 Å². The van der Waals surface area contributed by atoms with Crippen molar-refractivity contribution >= 4 is 0 Å². The van der Waals surface area contributed by atoms with Crippen molar-refractivity contribution in [2.45, 2.75) is 38.8 Å². The Morgan fingerprint density at radius 1 is 1.30 bits per heavy atom. The predicted octanol–water partition coefficient (Wildman–Crippen LogP) is 2.46. The molecule has 1 aromatic carbocycles. The largest absolute Gasteiger partial charge is 0.492 e. The lowest BCUT2D eigenvalue weighted by Gasteiger charge is -2.12. The molecule has 0 atom stereocenters. The topological polar surface area (TPSA) is 39.7 Å². The van der Waals surface area contributed by atoms with Crippen molar-refractivity contribution in [1.29, 1.82) is 0 Å². The first-order valence-electron chi connectivity index (χ1n) is 7.05. The van der Waals surface area contributed by atoms with Gasteiger partial charge in [0.25, 0.3) is 0 Å². The molecule has 0 bridgehead atoms. The van der Waals surface area contributed by atoms with Gasteiger partial charge in [0.15, 0.2) is 11.5 Å². The molecule has 4 heteroatoms. The third kappa shape index (κ3) is 3.17. The lowest BCUT2D eigenvalue weighted by Crippen LogP contribution is -2.16. The fourth-order valence-corrected chi connectivity index (χ4v) is 2.12. The van der Waals surface area contributed by atoms with Crippen molar-refractivity contribution in [3.05, 3.63) is 17.7 Å². The van der Waals surface area contributed by atoms with Crippen LogP contribution in [0.25, 0.3) is 0 Å². The standard InChI is InChI=1S/C16H19NO3/c1-2-3-4-7-18-14-9-16-15(19-11-20-16)8-12(14)10-17-13-5-6-13/h8-9,13,17H,4-7,10-11H2,1H3. The molecule has 2 aliphatic rings. The molecule has 0 unspecified atom stereocenters. The first-order valence-corrected chi connectivity index (χ1v) is 7.05. The minimum absolute atomic E-state index is 0.287. The number of benzene rings is 1. The van der Waals surface area contributed by atoms with E-state index in [2.05, 4.69) is 17.2 Å². The summed E-state index contributed by atoms with van der Waals surface area (Å²) in [5.74, 6) is 8.30. The Morgan fingerprint density at radius 2 is 2.10 bits per heavy atom. The van der Waals surface area contributed by atoms with Crippen LogP contribution in [0, 0.1) is 11.8 Å². The number of rotatable bonds is 6. The number of ether oxygens (including phenoxy) is 3. The van der Waals surface area contributed by atoms with Crippen LogP contribution in [0.1, 0.15) is 31.7 Å². The van der Waals surface area contributed by atoms with Crippen LogP contribution in [0.5, 0.6) is 17.2 Å². The van der Waals surface area contributed by atoms with E-state index in [0.29, 0.717) is 12.6 Å². The third-order valence-corrected chi connectivity index (χ3v) is 3.38. The molecule has 3 rings (SSSR count). The first kappa shape index (κ1) is 13.1. The summed E-state index contributed by atoms with van der Waals surface area (Å²) in [7, 11) is 0. The van der Waals surface area contributed by atoms with E-state index in [1.54, 1.807) is 0 Å². The molecule has 1 N–H and O–H groups in total. The third-order valence-electron chi connectivity index (χ3n) is 3.38. The second-order valence-electron chi connectivity index (χ2n) is 4.99. The van der Waals surface area contributed by atoms with Crippen molar-refractivity contribution in [1.82, 2.24) is 5.32 Å². The van der Waals surface area contributed by atoms with Gasteiger partial charge in [0.05, 0.1) is 6.61 Å². The molecule has 1 saturated carbocycles. The SMILES string of the molecule is CC#CCCOc1cc2c(cc1CNC1CC1)OCO2. The van der Waals surface area contributed by atoms with Crippen LogP contribution in [0.4, 0.5) is 0 Å². The number of nitrogens with one attached hydrogen (secondary N) is 1. The molecule has 0 saturated heterocycles. The highest BCUT2D eigenvalue weighted by atomic mass is 16.7. The quantitative estimate of drug-likeness (QED) is 0.638. The van der Waals surface area contributed by atoms with Gasteiger partial charge < -0.3 is 19.5 Å². The Hall–Kier alpha value is -1.86. The monoisotopic (exact) mass is 273 g/mol. The highest BCUT2D eigenvalue weighted by molar-refractivity contribution is 5.51. The van der Waals surface area contributed by atoms with Crippen molar-refractivity contribution in [2.75, 3.05) is 13.4 Å². The zero-order chi connectivity index (χ0) is 13.8. The molecule has 0 spiro atoms. The highest BCUT2D eigenvalue weighted by Crippen LogP contribution is 2.38. The van der Waals surface area contributed by atoms with Gasteiger partial charge in [-0.15, -0.1) is 11.8 Å². The van der Waals surface area contributed by atoms with Crippen LogP contribution < -0.4 is 19.5 Å². The van der Waals surface area contributed by atoms with Crippen molar-refractivity contribution < 1.29 is 14.2 Å². The normalized spacial score (nSPS) is 15.7. The Kier molecular flexibility index (Phi) is 3.98. The Bertz CT molecular complexity index is 541. The number of fused-ring (bicyclic) bond motifs is 1. The van der Waals surface area contributed by atoms with E-state index in [0.717, 1.165) is 35.8 Å². The van der Waals surface area contributed by atoms with E-state index in [4.69, 9.17) is 14.2 Å². The van der Waals surface area contributed by atoms with E-state index < -0.39 is 0 Å². The molecule has 1 aliphatic carbocycles. The van der Waals surface area contributed by atoms with E-state index in [1.165, 1.54) is 12.8 Å². The zero-order valence-electron chi connectivity index (χ0n) is 11.7. The van der Waals surface area contributed by atoms with Gasteiger partial charge in [-0.05, 0) is 25.8 Å². The average Bonchev–Trinajstić information content (AvgIpc) is 3.18. The minimum atomic E-state index is 0.287. The van der Waals surface area contributed by atoms with Crippen LogP contribution in [0.3, 0.4) is 0 Å². The average molecular weight is 273 g/mol. The number of hydrogen-bond acceptors (Lipinski definition) is 4. The van der Waals surface area contributed by atoms with E-state index in [9.17, 15) is 0 Å². The summed E-state index contributed by atoms with van der Waals surface area (Å²) in [6, 6.07) is 4.60. The molecule has 1 heterocycles. The first-order chi connectivity index (χ1) is 9.86. The van der Waals surface area contributed by atoms with Gasteiger partial charge in [-0.1, -0.05) is 0 Å². The summed E-state index contributed by atoms with van der Waals surface area (Å²) in [5, 5.41) is 3.50. The summed E-state index contributed by atoms with van der Waals surface area (Å²) in [5.41, 5.74) is 1.12. The maximum Gasteiger partial charge on any atom is 0.231 e. The Balaban J connectivity index is 1.71. The summed E-state index contributed by atoms with van der Waals surface area (Å²) >= 11 is 0. The summed E-state index contributed by atoms with van der Waals surface area (Å²) in [4.78, 5) is 0. The predicted molar refractivity (Wildman–Crippen MR) is 76.0 cm³/mol. The molecule has 20 heavy (non-hydrogen) atoms. The van der Waals surface area contributed by atoms with E-state index >= 15 is 0 Å². The van der Waals surface area contributed by atoms with Crippen LogP contribution in [-0.4, -0.2) is 19.4 Å². The van der Waals surface area contributed by atoms with Crippen LogP contribution in [0.2, 0.25) is 0 Å². The van der Waals surface area contributed by atoms with E-state index in [1.807, 2.05) is 19.1 Å². The van der Waals surface area contributed by atoms with Crippen LogP contribution in [0.15, 0.2) is 12.1 Å². The maximum absolute atomic E-state index is 5.84. The molecule has 1 fully saturated rings. The van der Waals surface area contributed by atoms with Gasteiger partial charge >= 0.3 is 0 Å². The minimum Gasteiger partial charge on any atom is -0.492 e. The van der Waals surface area contributed by atoms with Crippen molar-refractivity contribution in [2.24, 2.45) is 0 Å².